The fourth-order valence-corrected chi connectivity index (χ4v) is 4.06. The lowest BCUT2D eigenvalue weighted by Gasteiger charge is -2.07. The van der Waals surface area contributed by atoms with Crippen molar-refractivity contribution in [3.05, 3.63) is 0 Å². The summed E-state index contributed by atoms with van der Waals surface area (Å²) in [7, 11) is -3.21. The van der Waals surface area contributed by atoms with Gasteiger partial charge in [0.15, 0.2) is 9.84 Å². The van der Waals surface area contributed by atoms with Gasteiger partial charge in [-0.05, 0) is 6.42 Å². The topological polar surface area (TPSA) is 71.4 Å². The Morgan fingerprint density at radius 2 is 1.32 bits per heavy atom. The highest BCUT2D eigenvalue weighted by atomic mass is 35.5. The van der Waals surface area contributed by atoms with E-state index in [1.165, 1.54) is 51.9 Å². The Morgan fingerprint density at radius 3 is 1.73 bits per heavy atom. The molecule has 0 bridgehead atoms. The largest absolute Gasteiger partial charge is 0.481 e. The predicted octanol–water partition coefficient (Wildman–Crippen LogP) is 4.46. The second kappa shape index (κ2) is 14.3. The monoisotopic (exact) mass is 356 g/mol. The van der Waals surface area contributed by atoms with E-state index in [2.05, 4.69) is 6.92 Å². The summed E-state index contributed by atoms with van der Waals surface area (Å²) in [4.78, 5) is 10.7. The van der Waals surface area contributed by atoms with Crippen molar-refractivity contribution < 1.29 is 18.3 Å². The number of halogens is 1. The summed E-state index contributed by atoms with van der Waals surface area (Å²) >= 11 is 0. The van der Waals surface area contributed by atoms with Crippen molar-refractivity contribution in [2.45, 2.75) is 78.1 Å². The van der Waals surface area contributed by atoms with Crippen molar-refractivity contribution in [3.63, 3.8) is 0 Å². The maximum absolute atomic E-state index is 11.7. The van der Waals surface area contributed by atoms with Gasteiger partial charge in [0.1, 0.15) is 0 Å². The molecule has 134 valence electrons. The van der Waals surface area contributed by atoms with Gasteiger partial charge in [-0.15, -0.1) is 12.4 Å². The molecule has 0 aromatic rings. The third-order valence-corrected chi connectivity index (χ3v) is 5.65. The zero-order valence-corrected chi connectivity index (χ0v) is 15.7. The maximum atomic E-state index is 11.7. The number of carboxylic acids is 1. The minimum absolute atomic E-state index is 0. The van der Waals surface area contributed by atoms with Crippen LogP contribution in [0.4, 0.5) is 0 Å². The third-order valence-electron chi connectivity index (χ3n) is 3.73. The lowest BCUT2D eigenvalue weighted by Crippen LogP contribution is -2.22. The molecule has 0 aliphatic heterocycles. The lowest BCUT2D eigenvalue weighted by molar-refractivity contribution is -0.140. The highest BCUT2D eigenvalue weighted by Gasteiger charge is 2.20. The quantitative estimate of drug-likeness (QED) is 0.466. The highest BCUT2D eigenvalue weighted by Crippen LogP contribution is 2.12. The first-order valence-electron chi connectivity index (χ1n) is 8.32. The molecule has 0 saturated carbocycles. The van der Waals surface area contributed by atoms with Crippen LogP contribution < -0.4 is 0 Å². The molecule has 0 heterocycles. The second-order valence-electron chi connectivity index (χ2n) is 6.04. The molecule has 0 fully saturated rings. The molecule has 0 amide bonds. The van der Waals surface area contributed by atoms with Crippen LogP contribution in [-0.2, 0) is 14.6 Å². The van der Waals surface area contributed by atoms with Gasteiger partial charge in [-0.2, -0.15) is 0 Å². The smallest absolute Gasteiger partial charge is 0.307 e. The Balaban J connectivity index is 0. The lowest BCUT2D eigenvalue weighted by atomic mass is 10.1. The molecule has 0 radical (unpaired) electrons. The van der Waals surface area contributed by atoms with E-state index in [1.54, 1.807) is 0 Å². The number of sulfone groups is 1. The molecule has 1 atom stereocenters. The van der Waals surface area contributed by atoms with Crippen molar-refractivity contribution in [2.75, 3.05) is 11.5 Å². The third kappa shape index (κ3) is 14.6. The van der Waals surface area contributed by atoms with Crippen molar-refractivity contribution in [3.8, 4) is 0 Å². The molecule has 1 unspecified atom stereocenters. The van der Waals surface area contributed by atoms with E-state index in [0.717, 1.165) is 12.8 Å². The number of carbonyl (C=O) groups is 1. The van der Waals surface area contributed by atoms with Gasteiger partial charge in [0.05, 0.1) is 17.4 Å². The predicted molar refractivity (Wildman–Crippen MR) is 94.5 cm³/mol. The highest BCUT2D eigenvalue weighted by molar-refractivity contribution is 7.91. The zero-order chi connectivity index (χ0) is 16.1. The van der Waals surface area contributed by atoms with Gasteiger partial charge in [-0.25, -0.2) is 8.42 Å². The number of hydrogen-bond donors (Lipinski definition) is 1. The molecule has 4 nitrogen and oxygen atoms in total. The summed E-state index contributed by atoms with van der Waals surface area (Å²) < 4.78 is 23.4. The number of hydrogen-bond acceptors (Lipinski definition) is 3. The first kappa shape index (κ1) is 24.0. The molecule has 0 aliphatic carbocycles. The van der Waals surface area contributed by atoms with Crippen LogP contribution in [0, 0.1) is 5.92 Å². The Hall–Kier alpha value is -0.290. The van der Waals surface area contributed by atoms with Crippen molar-refractivity contribution >= 4 is 28.2 Å². The molecule has 0 aromatic heterocycles. The van der Waals surface area contributed by atoms with Gasteiger partial charge < -0.3 is 5.11 Å². The Bertz CT molecular complexity index is 368. The first-order valence-corrected chi connectivity index (χ1v) is 10.1. The summed E-state index contributed by atoms with van der Waals surface area (Å²) in [6, 6.07) is 0. The molecular formula is C16H33ClO4S. The van der Waals surface area contributed by atoms with Gasteiger partial charge in [-0.1, -0.05) is 71.6 Å². The van der Waals surface area contributed by atoms with Crippen LogP contribution in [0.3, 0.4) is 0 Å². The van der Waals surface area contributed by atoms with Crippen LogP contribution in [-0.4, -0.2) is 31.0 Å². The van der Waals surface area contributed by atoms with Gasteiger partial charge >= 0.3 is 5.97 Å². The van der Waals surface area contributed by atoms with E-state index in [0.29, 0.717) is 6.42 Å². The Labute approximate surface area is 142 Å². The van der Waals surface area contributed by atoms with Crippen LogP contribution in [0.25, 0.3) is 0 Å². The molecule has 0 aliphatic rings. The van der Waals surface area contributed by atoms with Gasteiger partial charge in [0, 0.05) is 0 Å². The van der Waals surface area contributed by atoms with E-state index in [4.69, 9.17) is 5.11 Å². The Morgan fingerprint density at radius 1 is 0.909 bits per heavy atom. The van der Waals surface area contributed by atoms with Crippen LogP contribution in [0.1, 0.15) is 78.1 Å². The van der Waals surface area contributed by atoms with Crippen molar-refractivity contribution in [1.29, 1.82) is 0 Å². The molecule has 22 heavy (non-hydrogen) atoms. The number of aliphatic carboxylic acids is 1. The minimum atomic E-state index is -3.21. The first-order chi connectivity index (χ1) is 9.89. The summed E-state index contributed by atoms with van der Waals surface area (Å²) in [5.41, 5.74) is 0. The van der Waals surface area contributed by atoms with Crippen LogP contribution >= 0.6 is 12.4 Å². The van der Waals surface area contributed by atoms with E-state index >= 15 is 0 Å². The van der Waals surface area contributed by atoms with E-state index in [1.807, 2.05) is 0 Å². The van der Waals surface area contributed by atoms with Crippen molar-refractivity contribution in [1.82, 2.24) is 0 Å². The molecule has 0 spiro atoms. The average Bonchev–Trinajstić information content (AvgIpc) is 2.40. The van der Waals surface area contributed by atoms with Crippen LogP contribution in [0.15, 0.2) is 0 Å². The average molecular weight is 357 g/mol. The number of rotatable bonds is 14. The standard InChI is InChI=1S/C16H32O4S.ClH/c1-3-4-5-6-7-8-9-10-11-12-13-21(19,20)14-15(2)16(17)18;/h15H,3-14H2,1-2H3,(H,17,18);1H. The van der Waals surface area contributed by atoms with Crippen molar-refractivity contribution in [2.24, 2.45) is 5.92 Å². The Kier molecular flexibility index (Phi) is 15.6. The normalized spacial score (nSPS) is 12.6. The number of unbranched alkanes of at least 4 members (excludes halogenated alkanes) is 9. The van der Waals surface area contributed by atoms with Gasteiger partial charge in [0.25, 0.3) is 0 Å². The minimum Gasteiger partial charge on any atom is -0.481 e. The molecule has 0 rings (SSSR count). The SMILES string of the molecule is CCCCCCCCCCCCS(=O)(=O)CC(C)C(=O)O.Cl. The zero-order valence-electron chi connectivity index (χ0n) is 14.1. The fourth-order valence-electron chi connectivity index (χ4n) is 2.34. The van der Waals surface area contributed by atoms with E-state index < -0.39 is 21.7 Å². The second-order valence-corrected chi connectivity index (χ2v) is 8.26. The van der Waals surface area contributed by atoms with E-state index in [9.17, 15) is 13.2 Å². The molecule has 0 saturated heterocycles. The van der Waals surface area contributed by atoms with E-state index in [-0.39, 0.29) is 23.9 Å². The van der Waals surface area contributed by atoms with Crippen LogP contribution in [0.5, 0.6) is 0 Å². The summed E-state index contributed by atoms with van der Waals surface area (Å²) in [5.74, 6) is -1.96. The fraction of sp³-hybridized carbons (Fsp3) is 0.938. The molecule has 6 heteroatoms. The van der Waals surface area contributed by atoms with Gasteiger partial charge in [0.2, 0.25) is 0 Å². The van der Waals surface area contributed by atoms with Crippen LogP contribution in [0.2, 0.25) is 0 Å². The molecular weight excluding hydrogens is 324 g/mol. The van der Waals surface area contributed by atoms with Gasteiger partial charge in [-0.3, -0.25) is 4.79 Å². The summed E-state index contributed by atoms with van der Waals surface area (Å²) in [5, 5.41) is 8.73. The summed E-state index contributed by atoms with van der Waals surface area (Å²) in [6.45, 7) is 3.66. The molecule has 1 N–H and O–H groups in total. The molecule has 0 aromatic carbocycles. The maximum Gasteiger partial charge on any atom is 0.307 e. The summed E-state index contributed by atoms with van der Waals surface area (Å²) in [6.07, 6.45) is 11.6. The number of carboxylic acid groups (broad SMARTS) is 1.